The summed E-state index contributed by atoms with van der Waals surface area (Å²) in [5.41, 5.74) is 0.528. The number of nitrogens with one attached hydrogen (secondary N) is 1. The number of hydrogen-bond donors (Lipinski definition) is 1. The van der Waals surface area contributed by atoms with Crippen LogP contribution in [0, 0.1) is 0 Å². The number of carbonyl (C=O) groups is 1. The van der Waals surface area contributed by atoms with E-state index >= 15 is 0 Å². The summed E-state index contributed by atoms with van der Waals surface area (Å²) in [7, 11) is 0. The van der Waals surface area contributed by atoms with E-state index in [0.29, 0.717) is 10.7 Å². The number of hydrogen-bond acceptors (Lipinski definition) is 5. The first kappa shape index (κ1) is 7.93. The van der Waals surface area contributed by atoms with Crippen LogP contribution in [0.15, 0.2) is 28.6 Å². The second-order valence-corrected chi connectivity index (χ2v) is 3.10. The number of anilines is 1. The highest BCUT2D eigenvalue weighted by Gasteiger charge is 2.08. The van der Waals surface area contributed by atoms with Crippen LogP contribution < -0.4 is 5.32 Å². The molecule has 2 aromatic rings. The second-order valence-electron chi connectivity index (χ2n) is 2.20. The van der Waals surface area contributed by atoms with Gasteiger partial charge in [0.1, 0.15) is 12.0 Å². The first-order valence-electron chi connectivity index (χ1n) is 3.46. The molecule has 0 bridgehead atoms. The van der Waals surface area contributed by atoms with Crippen molar-refractivity contribution in [2.75, 3.05) is 5.32 Å². The third kappa shape index (κ3) is 1.73. The third-order valence-corrected chi connectivity index (χ3v) is 2.09. The average Bonchev–Trinajstić information content (AvgIpc) is 2.74. The van der Waals surface area contributed by atoms with Crippen molar-refractivity contribution in [3.05, 3.63) is 29.0 Å². The third-order valence-electron chi connectivity index (χ3n) is 1.32. The summed E-state index contributed by atoms with van der Waals surface area (Å²) in [6, 6.07) is 0. The Labute approximate surface area is 77.4 Å². The van der Waals surface area contributed by atoms with Crippen LogP contribution in [-0.4, -0.2) is 16.0 Å². The predicted molar refractivity (Wildman–Crippen MR) is 46.6 cm³/mol. The second kappa shape index (κ2) is 3.36. The molecule has 1 N–H and O–H groups in total. The van der Waals surface area contributed by atoms with Gasteiger partial charge in [-0.2, -0.15) is 0 Å². The molecule has 13 heavy (non-hydrogen) atoms. The van der Waals surface area contributed by atoms with E-state index in [-0.39, 0.29) is 5.91 Å². The van der Waals surface area contributed by atoms with Crippen molar-refractivity contribution >= 4 is 22.9 Å². The van der Waals surface area contributed by atoms with Crippen molar-refractivity contribution in [1.82, 2.24) is 10.1 Å². The Bertz CT molecular complexity index is 382. The van der Waals surface area contributed by atoms with Gasteiger partial charge in [0, 0.05) is 11.6 Å². The quantitative estimate of drug-likeness (QED) is 0.786. The SMILES string of the molecule is O=C(Nc1cnoc1)c1nccs1. The largest absolute Gasteiger partial charge is 0.363 e. The van der Waals surface area contributed by atoms with E-state index in [1.54, 1.807) is 11.6 Å². The molecule has 0 saturated heterocycles. The van der Waals surface area contributed by atoms with Gasteiger partial charge in [-0.1, -0.05) is 5.16 Å². The van der Waals surface area contributed by atoms with Gasteiger partial charge in [-0.25, -0.2) is 4.98 Å². The Hall–Kier alpha value is -1.69. The molecule has 0 atom stereocenters. The van der Waals surface area contributed by atoms with Gasteiger partial charge in [-0.15, -0.1) is 11.3 Å². The van der Waals surface area contributed by atoms with Crippen molar-refractivity contribution in [3.63, 3.8) is 0 Å². The van der Waals surface area contributed by atoms with E-state index in [0.717, 1.165) is 0 Å². The van der Waals surface area contributed by atoms with Crippen LogP contribution in [0.1, 0.15) is 9.80 Å². The highest BCUT2D eigenvalue weighted by atomic mass is 32.1. The standard InChI is InChI=1S/C7H5N3O2S/c11-6(7-8-1-2-13-7)10-5-3-9-12-4-5/h1-4H,(H,10,11). The molecule has 5 nitrogen and oxygen atoms in total. The lowest BCUT2D eigenvalue weighted by atomic mass is 10.5. The summed E-state index contributed by atoms with van der Waals surface area (Å²) in [5.74, 6) is -0.252. The average molecular weight is 195 g/mol. The van der Waals surface area contributed by atoms with Gasteiger partial charge in [-0.3, -0.25) is 4.79 Å². The van der Waals surface area contributed by atoms with Crippen LogP contribution in [0.4, 0.5) is 5.69 Å². The van der Waals surface area contributed by atoms with E-state index in [1.807, 2.05) is 0 Å². The van der Waals surface area contributed by atoms with Gasteiger partial charge in [0.25, 0.3) is 5.91 Å². The Morgan fingerprint density at radius 1 is 1.62 bits per heavy atom. The zero-order valence-corrected chi connectivity index (χ0v) is 7.25. The number of thiazole rings is 1. The first-order valence-corrected chi connectivity index (χ1v) is 4.34. The summed E-state index contributed by atoms with van der Waals surface area (Å²) >= 11 is 1.28. The topological polar surface area (TPSA) is 68.0 Å². The van der Waals surface area contributed by atoms with Crippen LogP contribution in [0.5, 0.6) is 0 Å². The summed E-state index contributed by atoms with van der Waals surface area (Å²) in [6.45, 7) is 0. The van der Waals surface area contributed by atoms with Gasteiger partial charge in [-0.05, 0) is 0 Å². The molecule has 0 unspecified atom stereocenters. The fourth-order valence-electron chi connectivity index (χ4n) is 0.787. The van der Waals surface area contributed by atoms with Gasteiger partial charge in [0.05, 0.1) is 6.20 Å². The smallest absolute Gasteiger partial charge is 0.284 e. The van der Waals surface area contributed by atoms with E-state index in [1.165, 1.54) is 23.8 Å². The molecule has 0 fully saturated rings. The van der Waals surface area contributed by atoms with Crippen LogP contribution >= 0.6 is 11.3 Å². The lowest BCUT2D eigenvalue weighted by molar-refractivity contribution is 0.102. The lowest BCUT2D eigenvalue weighted by Crippen LogP contribution is -2.10. The fraction of sp³-hybridized carbons (Fsp3) is 0. The summed E-state index contributed by atoms with van der Waals surface area (Å²) in [6.07, 6.45) is 4.35. The van der Waals surface area contributed by atoms with Gasteiger partial charge < -0.3 is 9.84 Å². The molecule has 0 spiro atoms. The van der Waals surface area contributed by atoms with Crippen LogP contribution in [0.3, 0.4) is 0 Å². The Morgan fingerprint density at radius 3 is 3.15 bits per heavy atom. The van der Waals surface area contributed by atoms with Crippen molar-refractivity contribution in [3.8, 4) is 0 Å². The first-order chi connectivity index (χ1) is 6.36. The molecular formula is C7H5N3O2S. The van der Waals surface area contributed by atoms with Crippen molar-refractivity contribution in [2.45, 2.75) is 0 Å². The lowest BCUT2D eigenvalue weighted by Gasteiger charge is -1.95. The molecule has 0 aliphatic rings. The Morgan fingerprint density at radius 2 is 2.54 bits per heavy atom. The molecule has 0 aliphatic heterocycles. The van der Waals surface area contributed by atoms with E-state index < -0.39 is 0 Å². The normalized spacial score (nSPS) is 9.85. The Balaban J connectivity index is 2.08. The van der Waals surface area contributed by atoms with E-state index in [2.05, 4.69) is 20.0 Å². The van der Waals surface area contributed by atoms with E-state index in [4.69, 9.17) is 0 Å². The zero-order valence-electron chi connectivity index (χ0n) is 6.43. The van der Waals surface area contributed by atoms with Crippen LogP contribution in [0.2, 0.25) is 0 Å². The molecule has 2 aromatic heterocycles. The maximum absolute atomic E-state index is 11.3. The minimum absolute atomic E-state index is 0.252. The molecule has 2 rings (SSSR count). The molecular weight excluding hydrogens is 190 g/mol. The molecule has 2 heterocycles. The highest BCUT2D eigenvalue weighted by Crippen LogP contribution is 2.09. The minimum atomic E-state index is -0.252. The zero-order chi connectivity index (χ0) is 9.10. The molecule has 0 radical (unpaired) electrons. The van der Waals surface area contributed by atoms with Crippen molar-refractivity contribution < 1.29 is 9.32 Å². The number of rotatable bonds is 2. The van der Waals surface area contributed by atoms with Gasteiger partial charge in [0.2, 0.25) is 0 Å². The van der Waals surface area contributed by atoms with Crippen molar-refractivity contribution in [2.24, 2.45) is 0 Å². The number of aromatic nitrogens is 2. The summed E-state index contributed by atoms with van der Waals surface area (Å²) in [5, 5.41) is 8.18. The molecule has 66 valence electrons. The Kier molecular flexibility index (Phi) is 2.05. The maximum atomic E-state index is 11.3. The number of carbonyl (C=O) groups excluding carboxylic acids is 1. The van der Waals surface area contributed by atoms with Crippen molar-refractivity contribution in [1.29, 1.82) is 0 Å². The number of nitrogens with zero attached hydrogens (tertiary/aromatic N) is 2. The van der Waals surface area contributed by atoms with Crippen LogP contribution in [-0.2, 0) is 0 Å². The van der Waals surface area contributed by atoms with E-state index in [9.17, 15) is 4.79 Å². The molecule has 1 amide bonds. The van der Waals surface area contributed by atoms with Crippen LogP contribution in [0.25, 0.3) is 0 Å². The monoisotopic (exact) mass is 195 g/mol. The molecule has 0 saturated carbocycles. The summed E-state index contributed by atoms with van der Waals surface area (Å²) in [4.78, 5) is 15.2. The molecule has 6 heteroatoms. The fourth-order valence-corrected chi connectivity index (χ4v) is 1.32. The maximum Gasteiger partial charge on any atom is 0.284 e. The predicted octanol–water partition coefficient (Wildman–Crippen LogP) is 1.38. The molecule has 0 aliphatic carbocycles. The molecule has 0 aromatic carbocycles. The van der Waals surface area contributed by atoms with Gasteiger partial charge >= 0.3 is 0 Å². The van der Waals surface area contributed by atoms with Gasteiger partial charge in [0.15, 0.2) is 5.01 Å². The number of amides is 1. The summed E-state index contributed by atoms with van der Waals surface area (Å²) < 4.78 is 4.55. The minimum Gasteiger partial charge on any atom is -0.363 e. The highest BCUT2D eigenvalue weighted by molar-refractivity contribution is 7.11.